The highest BCUT2D eigenvalue weighted by atomic mass is 35.5. The summed E-state index contributed by atoms with van der Waals surface area (Å²) in [4.78, 5) is 0. The standard InChI is InChI=1S/C14H17ClN2O2/c1-9-12(14(15)17(3)16-9)8-19-13-7-5-4-6-11(13)10(2)18/h4-7,10,18H,8H2,1-3H3/t10-/m0/s1. The Labute approximate surface area is 117 Å². The van der Waals surface area contributed by atoms with Crippen molar-refractivity contribution in [3.05, 3.63) is 46.2 Å². The normalized spacial score (nSPS) is 12.5. The first-order valence-corrected chi connectivity index (χ1v) is 6.46. The number of aliphatic hydroxyl groups is 1. The van der Waals surface area contributed by atoms with Crippen LogP contribution in [0.1, 0.15) is 29.8 Å². The first-order chi connectivity index (χ1) is 9.00. The fraction of sp³-hybridized carbons (Fsp3) is 0.357. The third-order valence-corrected chi connectivity index (χ3v) is 3.48. The summed E-state index contributed by atoms with van der Waals surface area (Å²) in [6, 6.07) is 7.43. The fourth-order valence-electron chi connectivity index (χ4n) is 1.94. The minimum atomic E-state index is -0.568. The molecule has 1 atom stereocenters. The van der Waals surface area contributed by atoms with Crippen molar-refractivity contribution in [2.75, 3.05) is 0 Å². The third kappa shape index (κ3) is 2.91. The number of nitrogens with zero attached hydrogens (tertiary/aromatic N) is 2. The molecule has 0 aliphatic rings. The van der Waals surface area contributed by atoms with Gasteiger partial charge in [-0.05, 0) is 19.9 Å². The van der Waals surface area contributed by atoms with Gasteiger partial charge in [0, 0.05) is 18.2 Å². The van der Waals surface area contributed by atoms with Crippen molar-refractivity contribution in [3.8, 4) is 5.75 Å². The van der Waals surface area contributed by atoms with Gasteiger partial charge in [0.1, 0.15) is 17.5 Å². The van der Waals surface area contributed by atoms with Crippen LogP contribution in [-0.4, -0.2) is 14.9 Å². The fourth-order valence-corrected chi connectivity index (χ4v) is 2.17. The Kier molecular flexibility index (Phi) is 4.12. The Morgan fingerprint density at radius 2 is 2.11 bits per heavy atom. The summed E-state index contributed by atoms with van der Waals surface area (Å²) in [7, 11) is 1.79. The van der Waals surface area contributed by atoms with Crippen LogP contribution >= 0.6 is 11.6 Å². The molecule has 19 heavy (non-hydrogen) atoms. The molecule has 0 spiro atoms. The number of aliphatic hydroxyl groups excluding tert-OH is 1. The van der Waals surface area contributed by atoms with Gasteiger partial charge in [0.05, 0.1) is 11.8 Å². The predicted molar refractivity (Wildman–Crippen MR) is 74.4 cm³/mol. The second kappa shape index (κ2) is 5.63. The van der Waals surface area contributed by atoms with Crippen LogP contribution in [0.25, 0.3) is 0 Å². The first-order valence-electron chi connectivity index (χ1n) is 6.08. The first kappa shape index (κ1) is 13.9. The van der Waals surface area contributed by atoms with E-state index in [2.05, 4.69) is 5.10 Å². The van der Waals surface area contributed by atoms with Crippen LogP contribution in [-0.2, 0) is 13.7 Å². The minimum Gasteiger partial charge on any atom is -0.488 e. The number of hydrogen-bond acceptors (Lipinski definition) is 3. The number of ether oxygens (including phenoxy) is 1. The summed E-state index contributed by atoms with van der Waals surface area (Å²) < 4.78 is 7.38. The topological polar surface area (TPSA) is 47.3 Å². The summed E-state index contributed by atoms with van der Waals surface area (Å²) in [5.74, 6) is 0.664. The molecule has 2 aromatic rings. The van der Waals surface area contributed by atoms with Crippen LogP contribution in [0.15, 0.2) is 24.3 Å². The zero-order valence-corrected chi connectivity index (χ0v) is 12.0. The van der Waals surface area contributed by atoms with Gasteiger partial charge in [-0.1, -0.05) is 29.8 Å². The maximum Gasteiger partial charge on any atom is 0.133 e. The largest absolute Gasteiger partial charge is 0.488 e. The monoisotopic (exact) mass is 280 g/mol. The van der Waals surface area contributed by atoms with E-state index in [4.69, 9.17) is 16.3 Å². The molecule has 0 fully saturated rings. The van der Waals surface area contributed by atoms with Crippen molar-refractivity contribution in [3.63, 3.8) is 0 Å². The van der Waals surface area contributed by atoms with Gasteiger partial charge in [0.25, 0.3) is 0 Å². The van der Waals surface area contributed by atoms with Gasteiger partial charge < -0.3 is 9.84 Å². The van der Waals surface area contributed by atoms with Gasteiger partial charge in [-0.25, -0.2) is 0 Å². The second-order valence-corrected chi connectivity index (χ2v) is 4.84. The van der Waals surface area contributed by atoms with Gasteiger partial charge in [-0.2, -0.15) is 5.10 Å². The molecule has 0 unspecified atom stereocenters. The number of para-hydroxylation sites is 1. The Morgan fingerprint density at radius 1 is 1.42 bits per heavy atom. The maximum absolute atomic E-state index is 9.69. The second-order valence-electron chi connectivity index (χ2n) is 4.48. The van der Waals surface area contributed by atoms with Gasteiger partial charge in [-0.3, -0.25) is 4.68 Å². The lowest BCUT2D eigenvalue weighted by Gasteiger charge is -2.13. The van der Waals surface area contributed by atoms with E-state index >= 15 is 0 Å². The molecule has 0 aliphatic carbocycles. The summed E-state index contributed by atoms with van der Waals surface area (Å²) >= 11 is 6.15. The molecule has 1 N–H and O–H groups in total. The number of aromatic nitrogens is 2. The van der Waals surface area contributed by atoms with Crippen molar-refractivity contribution < 1.29 is 9.84 Å². The Bertz CT molecular complexity index is 579. The molecule has 0 bridgehead atoms. The Hall–Kier alpha value is -1.52. The summed E-state index contributed by atoms with van der Waals surface area (Å²) in [6.45, 7) is 3.94. The zero-order valence-electron chi connectivity index (χ0n) is 11.2. The lowest BCUT2D eigenvalue weighted by Crippen LogP contribution is -2.01. The van der Waals surface area contributed by atoms with Gasteiger partial charge >= 0.3 is 0 Å². The Morgan fingerprint density at radius 3 is 2.68 bits per heavy atom. The van der Waals surface area contributed by atoms with Gasteiger partial charge in [0.2, 0.25) is 0 Å². The molecule has 2 rings (SSSR count). The Balaban J connectivity index is 2.19. The molecule has 102 valence electrons. The van der Waals surface area contributed by atoms with E-state index in [1.165, 1.54) is 0 Å². The molecule has 0 saturated carbocycles. The summed E-state index contributed by atoms with van der Waals surface area (Å²) in [6.07, 6.45) is -0.568. The molecular weight excluding hydrogens is 264 g/mol. The van der Waals surface area contributed by atoms with Crippen LogP contribution in [0.3, 0.4) is 0 Å². The van der Waals surface area contributed by atoms with Crippen molar-refractivity contribution >= 4 is 11.6 Å². The maximum atomic E-state index is 9.69. The molecule has 5 heteroatoms. The van der Waals surface area contributed by atoms with Crippen molar-refractivity contribution in [2.24, 2.45) is 7.05 Å². The van der Waals surface area contributed by atoms with E-state index < -0.39 is 6.10 Å². The quantitative estimate of drug-likeness (QED) is 0.936. The average molecular weight is 281 g/mol. The van der Waals surface area contributed by atoms with Crippen molar-refractivity contribution in [1.82, 2.24) is 9.78 Å². The van der Waals surface area contributed by atoms with Crippen LogP contribution in [0.2, 0.25) is 5.15 Å². The number of hydrogen-bond donors (Lipinski definition) is 1. The number of halogens is 1. The molecular formula is C14H17ClN2O2. The number of rotatable bonds is 4. The number of benzene rings is 1. The minimum absolute atomic E-state index is 0.336. The van der Waals surface area contributed by atoms with Crippen molar-refractivity contribution in [1.29, 1.82) is 0 Å². The molecule has 1 aromatic carbocycles. The van der Waals surface area contributed by atoms with E-state index in [1.807, 2.05) is 31.2 Å². The molecule has 0 aliphatic heterocycles. The van der Waals surface area contributed by atoms with Crippen LogP contribution < -0.4 is 4.74 Å². The predicted octanol–water partition coefficient (Wildman–Crippen LogP) is 3.01. The van der Waals surface area contributed by atoms with E-state index in [0.29, 0.717) is 17.5 Å². The summed E-state index contributed by atoms with van der Waals surface area (Å²) in [5, 5.41) is 14.5. The molecule has 4 nitrogen and oxygen atoms in total. The van der Waals surface area contributed by atoms with E-state index in [0.717, 1.165) is 16.8 Å². The van der Waals surface area contributed by atoms with Crippen molar-refractivity contribution in [2.45, 2.75) is 26.6 Å². The van der Waals surface area contributed by atoms with E-state index in [9.17, 15) is 5.11 Å². The molecule has 0 saturated heterocycles. The highest BCUT2D eigenvalue weighted by Gasteiger charge is 2.13. The highest BCUT2D eigenvalue weighted by molar-refractivity contribution is 6.30. The van der Waals surface area contributed by atoms with Gasteiger partial charge in [0.15, 0.2) is 0 Å². The van der Waals surface area contributed by atoms with Crippen LogP contribution in [0, 0.1) is 6.92 Å². The highest BCUT2D eigenvalue weighted by Crippen LogP contribution is 2.27. The molecule has 0 radical (unpaired) electrons. The molecule has 0 amide bonds. The average Bonchev–Trinajstić information content (AvgIpc) is 2.61. The SMILES string of the molecule is Cc1nn(C)c(Cl)c1COc1ccccc1[C@H](C)O. The van der Waals surface area contributed by atoms with Crippen LogP contribution in [0.4, 0.5) is 0 Å². The smallest absolute Gasteiger partial charge is 0.133 e. The summed E-state index contributed by atoms with van der Waals surface area (Å²) in [5.41, 5.74) is 2.48. The lowest BCUT2D eigenvalue weighted by atomic mass is 10.1. The zero-order chi connectivity index (χ0) is 14.0. The van der Waals surface area contributed by atoms with Gasteiger partial charge in [-0.15, -0.1) is 0 Å². The lowest BCUT2D eigenvalue weighted by molar-refractivity contribution is 0.190. The third-order valence-electron chi connectivity index (χ3n) is 3.01. The van der Waals surface area contributed by atoms with E-state index in [1.54, 1.807) is 18.7 Å². The molecule has 1 heterocycles. The van der Waals surface area contributed by atoms with E-state index in [-0.39, 0.29) is 0 Å². The number of aryl methyl sites for hydroxylation is 2. The van der Waals surface area contributed by atoms with Crippen LogP contribution in [0.5, 0.6) is 5.75 Å². The molecule has 1 aromatic heterocycles.